The van der Waals surface area contributed by atoms with Gasteiger partial charge in [0.1, 0.15) is 12.6 Å². The number of carboxylic acids is 1. The Morgan fingerprint density at radius 2 is 1.51 bits per heavy atom. The molecule has 0 bridgehead atoms. The number of fused-ring (bicyclic) bond motifs is 3. The van der Waals surface area contributed by atoms with E-state index in [0.29, 0.717) is 0 Å². The van der Waals surface area contributed by atoms with Crippen LogP contribution in [0.3, 0.4) is 0 Å². The van der Waals surface area contributed by atoms with Crippen LogP contribution >= 0.6 is 0 Å². The van der Waals surface area contributed by atoms with Crippen molar-refractivity contribution in [2.45, 2.75) is 45.2 Å². The molecule has 2 unspecified atom stereocenters. The molecule has 1 aliphatic rings. The smallest absolute Gasteiger partial charge is 0.407 e. The number of benzene rings is 2. The lowest BCUT2D eigenvalue weighted by Gasteiger charge is -2.32. The van der Waals surface area contributed by atoms with E-state index in [0.717, 1.165) is 22.3 Å². The lowest BCUT2D eigenvalue weighted by Crippen LogP contribution is -2.56. The van der Waals surface area contributed by atoms with Gasteiger partial charge in [-0.3, -0.25) is 9.59 Å². The van der Waals surface area contributed by atoms with Crippen molar-refractivity contribution < 1.29 is 24.2 Å². The van der Waals surface area contributed by atoms with Gasteiger partial charge in [0, 0.05) is 18.5 Å². The zero-order valence-electron chi connectivity index (χ0n) is 21.0. The van der Waals surface area contributed by atoms with E-state index in [4.69, 9.17) is 4.74 Å². The number of amides is 2. The Bertz CT molecular complexity index is 1030. The maximum absolute atomic E-state index is 13.0. The molecule has 35 heavy (non-hydrogen) atoms. The number of alkyl carbamates (subject to hydrolysis) is 1. The standard InChI is InChI=1S/C27H35N3O5/c1-27(2,3)23(14-24(31)32)29-25(33)22(15-30(4)5)28-26(34)35-16-21-19-12-8-6-10-17(19)18-11-7-9-13-20(18)21/h6-13,21-23H,14-16H2,1-5H3,(H,28,34)(H,29,33)(H,31,32). The van der Waals surface area contributed by atoms with Gasteiger partial charge in [-0.05, 0) is 41.8 Å². The number of aliphatic carboxylic acids is 1. The maximum atomic E-state index is 13.0. The van der Waals surface area contributed by atoms with Gasteiger partial charge in [0.2, 0.25) is 5.91 Å². The predicted molar refractivity (Wildman–Crippen MR) is 134 cm³/mol. The van der Waals surface area contributed by atoms with Crippen molar-refractivity contribution in [3.63, 3.8) is 0 Å². The lowest BCUT2D eigenvalue weighted by atomic mass is 9.84. The zero-order chi connectivity index (χ0) is 25.8. The average Bonchev–Trinajstić information content (AvgIpc) is 3.09. The number of rotatable bonds is 9. The summed E-state index contributed by atoms with van der Waals surface area (Å²) < 4.78 is 5.60. The monoisotopic (exact) mass is 481 g/mol. The third-order valence-electron chi connectivity index (χ3n) is 6.24. The van der Waals surface area contributed by atoms with Crippen molar-refractivity contribution in [2.24, 2.45) is 5.41 Å². The highest BCUT2D eigenvalue weighted by Crippen LogP contribution is 2.44. The van der Waals surface area contributed by atoms with Crippen LogP contribution < -0.4 is 10.6 Å². The summed E-state index contributed by atoms with van der Waals surface area (Å²) >= 11 is 0. The summed E-state index contributed by atoms with van der Waals surface area (Å²) in [6.07, 6.45) is -0.908. The fraction of sp³-hybridized carbons (Fsp3) is 0.444. The molecule has 2 aromatic rings. The van der Waals surface area contributed by atoms with E-state index in [-0.39, 0.29) is 25.5 Å². The molecule has 1 aliphatic carbocycles. The number of carbonyl (C=O) groups is 3. The predicted octanol–water partition coefficient (Wildman–Crippen LogP) is 3.46. The molecule has 2 aromatic carbocycles. The Morgan fingerprint density at radius 1 is 0.971 bits per heavy atom. The topological polar surface area (TPSA) is 108 Å². The van der Waals surface area contributed by atoms with Crippen molar-refractivity contribution in [3.05, 3.63) is 59.7 Å². The summed E-state index contributed by atoms with van der Waals surface area (Å²) in [4.78, 5) is 38.9. The van der Waals surface area contributed by atoms with Crippen LogP contribution in [0.15, 0.2) is 48.5 Å². The molecule has 188 valence electrons. The Morgan fingerprint density at radius 3 is 2.00 bits per heavy atom. The first-order valence-electron chi connectivity index (χ1n) is 11.8. The Kier molecular flexibility index (Phi) is 8.17. The highest BCUT2D eigenvalue weighted by Gasteiger charge is 2.33. The van der Waals surface area contributed by atoms with E-state index in [1.807, 2.05) is 57.2 Å². The minimum Gasteiger partial charge on any atom is -0.481 e. The number of ether oxygens (including phenoxy) is 1. The number of carbonyl (C=O) groups excluding carboxylic acids is 2. The summed E-state index contributed by atoms with van der Waals surface area (Å²) in [5.74, 6) is -1.54. The van der Waals surface area contributed by atoms with Gasteiger partial charge >= 0.3 is 12.1 Å². The summed E-state index contributed by atoms with van der Waals surface area (Å²) in [6, 6.07) is 14.6. The molecule has 0 fully saturated rings. The second-order valence-electron chi connectivity index (χ2n) is 10.3. The van der Waals surface area contributed by atoms with Gasteiger partial charge in [-0.25, -0.2) is 4.79 Å². The van der Waals surface area contributed by atoms with E-state index in [1.165, 1.54) is 0 Å². The minimum absolute atomic E-state index is 0.0879. The molecule has 8 nitrogen and oxygen atoms in total. The normalized spacial score (nSPS) is 14.6. The number of nitrogens with zero attached hydrogens (tertiary/aromatic N) is 1. The van der Waals surface area contributed by atoms with Gasteiger partial charge in [0.25, 0.3) is 0 Å². The van der Waals surface area contributed by atoms with Gasteiger partial charge in [-0.1, -0.05) is 69.3 Å². The third-order valence-corrected chi connectivity index (χ3v) is 6.24. The third kappa shape index (κ3) is 6.60. The summed E-state index contributed by atoms with van der Waals surface area (Å²) in [6.45, 7) is 5.96. The molecular formula is C27H35N3O5. The molecule has 2 amide bonds. The molecule has 0 aliphatic heterocycles. The van der Waals surface area contributed by atoms with E-state index in [1.54, 1.807) is 19.0 Å². The van der Waals surface area contributed by atoms with Crippen LogP contribution in [0.4, 0.5) is 4.79 Å². The molecule has 0 aromatic heterocycles. The first-order valence-corrected chi connectivity index (χ1v) is 11.8. The summed E-state index contributed by atoms with van der Waals surface area (Å²) in [5.41, 5.74) is 4.00. The quantitative estimate of drug-likeness (QED) is 0.506. The van der Waals surface area contributed by atoms with Crippen molar-refractivity contribution in [1.82, 2.24) is 15.5 Å². The molecule has 8 heteroatoms. The van der Waals surface area contributed by atoms with Crippen LogP contribution in [0, 0.1) is 5.41 Å². The highest BCUT2D eigenvalue weighted by molar-refractivity contribution is 5.86. The number of hydrogen-bond donors (Lipinski definition) is 3. The molecule has 0 saturated heterocycles. The average molecular weight is 482 g/mol. The Balaban J connectivity index is 1.68. The van der Waals surface area contributed by atoms with Crippen LogP contribution in [0.5, 0.6) is 0 Å². The van der Waals surface area contributed by atoms with Crippen molar-refractivity contribution in [3.8, 4) is 11.1 Å². The van der Waals surface area contributed by atoms with Gasteiger partial charge in [-0.15, -0.1) is 0 Å². The second-order valence-corrected chi connectivity index (χ2v) is 10.3. The van der Waals surface area contributed by atoms with Crippen molar-refractivity contribution in [2.75, 3.05) is 27.2 Å². The van der Waals surface area contributed by atoms with Crippen molar-refractivity contribution in [1.29, 1.82) is 0 Å². The molecule has 0 heterocycles. The first kappa shape index (κ1) is 26.2. The van der Waals surface area contributed by atoms with Crippen molar-refractivity contribution >= 4 is 18.0 Å². The molecule has 3 N–H and O–H groups in total. The van der Waals surface area contributed by atoms with Gasteiger partial charge in [-0.2, -0.15) is 0 Å². The minimum atomic E-state index is -1.00. The molecule has 0 saturated carbocycles. The maximum Gasteiger partial charge on any atom is 0.407 e. The van der Waals surface area contributed by atoms with Crippen LogP contribution in [-0.4, -0.2) is 67.3 Å². The van der Waals surface area contributed by atoms with Crippen LogP contribution in [0.2, 0.25) is 0 Å². The Hall–Kier alpha value is -3.39. The molecule has 0 radical (unpaired) electrons. The van der Waals surface area contributed by atoms with E-state index in [9.17, 15) is 19.5 Å². The van der Waals surface area contributed by atoms with E-state index >= 15 is 0 Å². The summed E-state index contributed by atoms with van der Waals surface area (Å²) in [7, 11) is 3.58. The fourth-order valence-corrected chi connectivity index (χ4v) is 4.36. The van der Waals surface area contributed by atoms with Crippen LogP contribution in [0.25, 0.3) is 11.1 Å². The molecule has 0 spiro atoms. The fourth-order valence-electron chi connectivity index (χ4n) is 4.36. The lowest BCUT2D eigenvalue weighted by molar-refractivity contribution is -0.138. The number of carboxylic acid groups (broad SMARTS) is 1. The van der Waals surface area contributed by atoms with Gasteiger partial charge in [0.05, 0.1) is 6.42 Å². The number of hydrogen-bond acceptors (Lipinski definition) is 5. The molecule has 2 atom stereocenters. The van der Waals surface area contributed by atoms with Crippen LogP contribution in [0.1, 0.15) is 44.2 Å². The van der Waals surface area contributed by atoms with E-state index < -0.39 is 35.5 Å². The number of likely N-dealkylation sites (N-methyl/N-ethyl adjacent to an activating group) is 1. The Labute approximate surface area is 206 Å². The van der Waals surface area contributed by atoms with Crippen LogP contribution in [-0.2, 0) is 14.3 Å². The SMILES string of the molecule is CN(C)CC(NC(=O)OCC1c2ccccc2-c2ccccc21)C(=O)NC(CC(=O)O)C(C)(C)C. The van der Waals surface area contributed by atoms with Gasteiger partial charge < -0.3 is 25.4 Å². The van der Waals surface area contributed by atoms with Gasteiger partial charge in [0.15, 0.2) is 0 Å². The molecular weight excluding hydrogens is 446 g/mol. The second kappa shape index (κ2) is 10.9. The summed E-state index contributed by atoms with van der Waals surface area (Å²) in [5, 5.41) is 14.7. The molecule has 3 rings (SSSR count). The highest BCUT2D eigenvalue weighted by atomic mass is 16.5. The first-order chi connectivity index (χ1) is 16.5. The zero-order valence-corrected chi connectivity index (χ0v) is 21.0. The number of nitrogens with one attached hydrogen (secondary N) is 2. The van der Waals surface area contributed by atoms with E-state index in [2.05, 4.69) is 22.8 Å². The largest absolute Gasteiger partial charge is 0.481 e.